The van der Waals surface area contributed by atoms with Crippen LogP contribution in [0.1, 0.15) is 32.6 Å². The SMILES string of the molecule is CSN1CCC2(CN(CC(C)N3CCC4(CCCN4)C3)C2)C1. The van der Waals surface area contributed by atoms with Crippen LogP contribution in [0.3, 0.4) is 0 Å². The summed E-state index contributed by atoms with van der Waals surface area (Å²) in [6.45, 7) is 12.8. The third-order valence-corrected chi connectivity index (χ3v) is 7.47. The number of nitrogens with zero attached hydrogens (tertiary/aromatic N) is 3. The number of hydrogen-bond donors (Lipinski definition) is 1. The number of rotatable bonds is 4. The van der Waals surface area contributed by atoms with E-state index >= 15 is 0 Å². The van der Waals surface area contributed by atoms with Crippen LogP contribution >= 0.6 is 11.9 Å². The van der Waals surface area contributed by atoms with Gasteiger partial charge in [0.15, 0.2) is 0 Å². The van der Waals surface area contributed by atoms with Gasteiger partial charge < -0.3 is 10.2 Å². The van der Waals surface area contributed by atoms with Gasteiger partial charge in [-0.3, -0.25) is 9.21 Å². The molecule has 0 aromatic carbocycles. The lowest BCUT2D eigenvalue weighted by molar-refractivity contribution is -0.00352. The van der Waals surface area contributed by atoms with Crippen LogP contribution in [0.2, 0.25) is 0 Å². The highest BCUT2D eigenvalue weighted by Crippen LogP contribution is 2.41. The van der Waals surface area contributed by atoms with Crippen molar-refractivity contribution in [1.29, 1.82) is 0 Å². The normalized spacial score (nSPS) is 37.4. The van der Waals surface area contributed by atoms with E-state index in [0.717, 1.165) is 6.04 Å². The smallest absolute Gasteiger partial charge is 0.0321 e. The second-order valence-corrected chi connectivity index (χ2v) is 9.23. The van der Waals surface area contributed by atoms with Crippen LogP contribution in [0.15, 0.2) is 0 Å². The van der Waals surface area contributed by atoms with Gasteiger partial charge in [-0.15, -0.1) is 0 Å². The maximum Gasteiger partial charge on any atom is 0.0321 e. The fourth-order valence-electron chi connectivity index (χ4n) is 5.33. The molecule has 0 aromatic heterocycles. The summed E-state index contributed by atoms with van der Waals surface area (Å²) in [5.74, 6) is 0. The monoisotopic (exact) mass is 324 g/mol. The molecule has 2 unspecified atom stereocenters. The van der Waals surface area contributed by atoms with Crippen molar-refractivity contribution in [1.82, 2.24) is 19.4 Å². The van der Waals surface area contributed by atoms with Crippen LogP contribution < -0.4 is 5.32 Å². The van der Waals surface area contributed by atoms with Gasteiger partial charge in [-0.1, -0.05) is 11.9 Å². The first-order valence-corrected chi connectivity index (χ1v) is 10.3. The van der Waals surface area contributed by atoms with Crippen LogP contribution in [0.25, 0.3) is 0 Å². The van der Waals surface area contributed by atoms with Gasteiger partial charge in [0, 0.05) is 62.8 Å². The topological polar surface area (TPSA) is 21.8 Å². The molecule has 4 aliphatic heterocycles. The van der Waals surface area contributed by atoms with Crippen molar-refractivity contribution in [2.75, 3.05) is 58.6 Å². The van der Waals surface area contributed by atoms with Gasteiger partial charge >= 0.3 is 0 Å². The Balaban J connectivity index is 1.24. The van der Waals surface area contributed by atoms with Gasteiger partial charge in [0.1, 0.15) is 0 Å². The summed E-state index contributed by atoms with van der Waals surface area (Å²) in [6.07, 6.45) is 7.77. The Kier molecular flexibility index (Phi) is 4.23. The zero-order valence-corrected chi connectivity index (χ0v) is 15.1. The molecule has 2 atom stereocenters. The van der Waals surface area contributed by atoms with E-state index in [4.69, 9.17) is 0 Å². The van der Waals surface area contributed by atoms with E-state index in [-0.39, 0.29) is 0 Å². The van der Waals surface area contributed by atoms with Crippen molar-refractivity contribution in [2.24, 2.45) is 5.41 Å². The molecule has 0 amide bonds. The lowest BCUT2D eigenvalue weighted by atomic mass is 9.79. The predicted octanol–water partition coefficient (Wildman–Crippen LogP) is 1.49. The quantitative estimate of drug-likeness (QED) is 0.789. The molecule has 4 fully saturated rings. The maximum atomic E-state index is 3.79. The van der Waals surface area contributed by atoms with Crippen LogP contribution in [0.4, 0.5) is 0 Å². The minimum absolute atomic E-state index is 0.481. The van der Waals surface area contributed by atoms with Crippen LogP contribution in [-0.2, 0) is 0 Å². The number of hydrogen-bond acceptors (Lipinski definition) is 5. The van der Waals surface area contributed by atoms with Crippen molar-refractivity contribution in [2.45, 2.75) is 44.2 Å². The first-order chi connectivity index (χ1) is 10.6. The van der Waals surface area contributed by atoms with Gasteiger partial charge in [0.2, 0.25) is 0 Å². The fraction of sp³-hybridized carbons (Fsp3) is 1.00. The third kappa shape index (κ3) is 2.84. The molecule has 5 heteroatoms. The van der Waals surface area contributed by atoms with Gasteiger partial charge in [0.25, 0.3) is 0 Å². The van der Waals surface area contributed by atoms with Crippen molar-refractivity contribution in [3.63, 3.8) is 0 Å². The zero-order chi connectivity index (χ0) is 15.2. The molecular formula is C17H32N4S. The average molecular weight is 325 g/mol. The Bertz CT molecular complexity index is 403. The molecule has 22 heavy (non-hydrogen) atoms. The van der Waals surface area contributed by atoms with E-state index in [0.29, 0.717) is 11.0 Å². The highest BCUT2D eigenvalue weighted by molar-refractivity contribution is 7.96. The molecule has 4 rings (SSSR count). The highest BCUT2D eigenvalue weighted by Gasteiger charge is 2.48. The first-order valence-electron chi connectivity index (χ1n) is 9.13. The first kappa shape index (κ1) is 15.7. The molecule has 126 valence electrons. The Morgan fingerprint density at radius 1 is 1.09 bits per heavy atom. The number of nitrogens with one attached hydrogen (secondary N) is 1. The lowest BCUT2D eigenvalue weighted by Gasteiger charge is -2.49. The fourth-order valence-corrected chi connectivity index (χ4v) is 6.00. The van der Waals surface area contributed by atoms with E-state index in [9.17, 15) is 0 Å². The van der Waals surface area contributed by atoms with E-state index in [1.54, 1.807) is 0 Å². The molecule has 0 bridgehead atoms. The molecular weight excluding hydrogens is 292 g/mol. The second-order valence-electron chi connectivity index (χ2n) is 8.35. The molecule has 2 spiro atoms. The minimum Gasteiger partial charge on any atom is -0.310 e. The van der Waals surface area contributed by atoms with E-state index in [1.807, 2.05) is 11.9 Å². The highest BCUT2D eigenvalue weighted by atomic mass is 32.2. The summed E-state index contributed by atoms with van der Waals surface area (Å²) in [6, 6.07) is 0.720. The average Bonchev–Trinajstić information content (AvgIpc) is 3.20. The maximum absolute atomic E-state index is 3.79. The molecule has 0 radical (unpaired) electrons. The van der Waals surface area contributed by atoms with Crippen molar-refractivity contribution < 1.29 is 0 Å². The molecule has 1 N–H and O–H groups in total. The van der Waals surface area contributed by atoms with Gasteiger partial charge in [-0.25, -0.2) is 0 Å². The Morgan fingerprint density at radius 2 is 1.95 bits per heavy atom. The summed E-state index contributed by atoms with van der Waals surface area (Å²) in [7, 11) is 0. The van der Waals surface area contributed by atoms with Crippen LogP contribution in [-0.4, -0.2) is 84.3 Å². The predicted molar refractivity (Wildman–Crippen MR) is 94.2 cm³/mol. The second kappa shape index (κ2) is 5.92. The van der Waals surface area contributed by atoms with Gasteiger partial charge in [0.05, 0.1) is 0 Å². The Labute approximate surface area is 140 Å². The largest absolute Gasteiger partial charge is 0.310 e. The molecule has 4 heterocycles. The van der Waals surface area contributed by atoms with E-state index < -0.39 is 0 Å². The summed E-state index contributed by atoms with van der Waals surface area (Å²) >= 11 is 1.93. The number of likely N-dealkylation sites (tertiary alicyclic amines) is 2. The van der Waals surface area contributed by atoms with Gasteiger partial charge in [-0.05, 0) is 45.4 Å². The Morgan fingerprint density at radius 3 is 2.64 bits per heavy atom. The zero-order valence-electron chi connectivity index (χ0n) is 14.3. The summed E-state index contributed by atoms with van der Waals surface area (Å²) in [5.41, 5.74) is 1.12. The lowest BCUT2D eigenvalue weighted by Crippen LogP contribution is -2.60. The van der Waals surface area contributed by atoms with Crippen molar-refractivity contribution in [3.8, 4) is 0 Å². The van der Waals surface area contributed by atoms with Crippen LogP contribution in [0.5, 0.6) is 0 Å². The minimum atomic E-state index is 0.481. The molecule has 4 aliphatic rings. The standard InChI is InChI=1S/C17H32N4S/c1-15(20-8-6-17(14-20)4-3-7-18-17)10-19-11-16(12-19)5-9-21(13-16)22-2/h15,18H,3-14H2,1-2H3. The van der Waals surface area contributed by atoms with Crippen molar-refractivity contribution in [3.05, 3.63) is 0 Å². The molecule has 4 saturated heterocycles. The van der Waals surface area contributed by atoms with E-state index in [2.05, 4.69) is 32.6 Å². The van der Waals surface area contributed by atoms with Gasteiger partial charge in [-0.2, -0.15) is 0 Å². The summed E-state index contributed by atoms with van der Waals surface area (Å²) < 4.78 is 2.55. The van der Waals surface area contributed by atoms with Crippen LogP contribution in [0, 0.1) is 5.41 Å². The van der Waals surface area contributed by atoms with Crippen molar-refractivity contribution >= 4 is 11.9 Å². The third-order valence-electron chi connectivity index (χ3n) is 6.64. The van der Waals surface area contributed by atoms with E-state index in [1.165, 1.54) is 78.0 Å². The molecule has 0 saturated carbocycles. The molecule has 0 aromatic rings. The summed E-state index contributed by atoms with van der Waals surface area (Å²) in [5, 5.41) is 3.79. The molecule has 0 aliphatic carbocycles. The Hall–Kier alpha value is 0.190. The summed E-state index contributed by atoms with van der Waals surface area (Å²) in [4.78, 5) is 5.45. The molecule has 4 nitrogen and oxygen atoms in total.